The Balaban J connectivity index is 2.00. The molecule has 0 saturated heterocycles. The first-order valence-corrected chi connectivity index (χ1v) is 21.9. The van der Waals surface area contributed by atoms with Crippen molar-refractivity contribution in [2.75, 3.05) is 0 Å². The van der Waals surface area contributed by atoms with Crippen LogP contribution in [-0.4, -0.2) is 24.2 Å². The van der Waals surface area contributed by atoms with Crippen LogP contribution in [0.1, 0.15) is 11.1 Å². The van der Waals surface area contributed by atoms with E-state index in [9.17, 15) is 0 Å². The molecular formula is C32H38Si3. The van der Waals surface area contributed by atoms with Gasteiger partial charge in [-0.3, -0.25) is 0 Å². The van der Waals surface area contributed by atoms with Crippen LogP contribution in [-0.2, 0) is 0 Å². The summed E-state index contributed by atoms with van der Waals surface area (Å²) in [5.41, 5.74) is 5.95. The van der Waals surface area contributed by atoms with Crippen molar-refractivity contribution in [3.05, 3.63) is 96.1 Å². The van der Waals surface area contributed by atoms with E-state index in [1.165, 1.54) is 32.6 Å². The Morgan fingerprint density at radius 3 is 1.14 bits per heavy atom. The molecule has 178 valence electrons. The summed E-state index contributed by atoms with van der Waals surface area (Å²) in [6.07, 6.45) is 0. The topological polar surface area (TPSA) is 0 Å². The molecule has 0 spiro atoms. The first kappa shape index (κ1) is 24.2. The standard InChI is InChI=1S/C32H38Si3/c1-23-19-31-27(21-29(23)33(3,4)5)28-22-30(34(6,7)8)24(2)20-32(28)35(31,25-15-11-9-12-16-25)26-17-13-10-14-18-26/h9-22H,1-8H3. The minimum Gasteiger partial charge on any atom is -0.0656 e. The normalized spacial score (nSPS) is 14.5. The van der Waals surface area contributed by atoms with Gasteiger partial charge in [0, 0.05) is 0 Å². The first-order chi connectivity index (χ1) is 16.5. The van der Waals surface area contributed by atoms with Gasteiger partial charge in [-0.2, -0.15) is 0 Å². The zero-order valence-electron chi connectivity index (χ0n) is 22.6. The molecule has 35 heavy (non-hydrogen) atoms. The fraction of sp³-hybridized carbons (Fsp3) is 0.250. The molecule has 0 unspecified atom stereocenters. The molecular weight excluding hydrogens is 469 g/mol. The van der Waals surface area contributed by atoms with Crippen LogP contribution in [0.3, 0.4) is 0 Å². The third-order valence-corrected chi connectivity index (χ3v) is 17.0. The van der Waals surface area contributed by atoms with E-state index in [1.54, 1.807) is 20.7 Å². The van der Waals surface area contributed by atoms with Crippen molar-refractivity contribution < 1.29 is 0 Å². The van der Waals surface area contributed by atoms with E-state index in [0.717, 1.165) is 0 Å². The summed E-state index contributed by atoms with van der Waals surface area (Å²) in [4.78, 5) is 0. The number of hydrogen-bond donors (Lipinski definition) is 0. The molecule has 1 aliphatic rings. The van der Waals surface area contributed by atoms with Crippen LogP contribution in [0.4, 0.5) is 0 Å². The molecule has 1 heterocycles. The molecule has 0 bridgehead atoms. The molecule has 0 aliphatic carbocycles. The Bertz CT molecular complexity index is 1290. The van der Waals surface area contributed by atoms with E-state index in [4.69, 9.17) is 0 Å². The first-order valence-electron chi connectivity index (χ1n) is 12.9. The van der Waals surface area contributed by atoms with Gasteiger partial charge >= 0.3 is 0 Å². The molecule has 0 saturated carbocycles. The predicted octanol–water partition coefficient (Wildman–Crippen LogP) is 4.75. The van der Waals surface area contributed by atoms with Crippen molar-refractivity contribution in [1.29, 1.82) is 0 Å². The minimum absolute atomic E-state index is 1.47. The average molecular weight is 507 g/mol. The minimum atomic E-state index is -2.42. The SMILES string of the molecule is Cc1cc2c(cc1[Si](C)(C)C)-c1cc([Si](C)(C)C)c(C)cc1[Si]2(c1ccccc1)c1ccccc1. The summed E-state index contributed by atoms with van der Waals surface area (Å²) in [5, 5.41) is 9.34. The van der Waals surface area contributed by atoms with E-state index >= 15 is 0 Å². The van der Waals surface area contributed by atoms with Crippen LogP contribution in [0, 0.1) is 13.8 Å². The Morgan fingerprint density at radius 1 is 0.486 bits per heavy atom. The average Bonchev–Trinajstić information content (AvgIpc) is 3.07. The van der Waals surface area contributed by atoms with Crippen molar-refractivity contribution in [3.8, 4) is 11.1 Å². The van der Waals surface area contributed by atoms with Gasteiger partial charge in [0.05, 0.1) is 16.1 Å². The molecule has 4 aromatic carbocycles. The monoisotopic (exact) mass is 506 g/mol. The lowest BCUT2D eigenvalue weighted by atomic mass is 10.0. The maximum absolute atomic E-state index is 2.61. The molecule has 0 fully saturated rings. The summed E-state index contributed by atoms with van der Waals surface area (Å²) in [7, 11) is -5.39. The van der Waals surface area contributed by atoms with Crippen LogP contribution in [0.25, 0.3) is 11.1 Å². The Hall–Kier alpha value is -2.47. The van der Waals surface area contributed by atoms with Gasteiger partial charge in [0.1, 0.15) is 0 Å². The van der Waals surface area contributed by atoms with Gasteiger partial charge in [0.15, 0.2) is 8.07 Å². The molecule has 0 N–H and O–H groups in total. The maximum atomic E-state index is 2.61. The second-order valence-electron chi connectivity index (χ2n) is 12.4. The van der Waals surface area contributed by atoms with Gasteiger partial charge < -0.3 is 0 Å². The van der Waals surface area contributed by atoms with Crippen LogP contribution >= 0.6 is 0 Å². The highest BCUT2D eigenvalue weighted by Crippen LogP contribution is 2.30. The largest absolute Gasteiger partial charge is 0.180 e. The number of benzene rings is 4. The van der Waals surface area contributed by atoms with Gasteiger partial charge in [0.2, 0.25) is 0 Å². The second kappa shape index (κ2) is 8.29. The fourth-order valence-corrected chi connectivity index (χ4v) is 15.4. The highest BCUT2D eigenvalue weighted by Gasteiger charge is 2.49. The van der Waals surface area contributed by atoms with Crippen LogP contribution in [0.5, 0.6) is 0 Å². The molecule has 0 nitrogen and oxygen atoms in total. The number of hydrogen-bond acceptors (Lipinski definition) is 0. The summed E-state index contributed by atoms with van der Waals surface area (Å²) >= 11 is 0. The lowest BCUT2D eigenvalue weighted by Gasteiger charge is -2.33. The van der Waals surface area contributed by atoms with Crippen molar-refractivity contribution in [3.63, 3.8) is 0 Å². The van der Waals surface area contributed by atoms with Gasteiger partial charge in [-0.05, 0) is 45.7 Å². The van der Waals surface area contributed by atoms with Crippen molar-refractivity contribution in [1.82, 2.24) is 0 Å². The molecule has 3 heteroatoms. The number of aryl methyl sites for hydroxylation is 2. The smallest absolute Gasteiger partial charge is 0.0656 e. The molecule has 0 atom stereocenters. The third-order valence-electron chi connectivity index (χ3n) is 7.86. The summed E-state index contributed by atoms with van der Waals surface area (Å²) in [5.74, 6) is 0. The van der Waals surface area contributed by atoms with Crippen LogP contribution < -0.4 is 31.1 Å². The highest BCUT2D eigenvalue weighted by molar-refractivity contribution is 7.22. The summed E-state index contributed by atoms with van der Waals surface area (Å²) in [6.45, 7) is 19.6. The predicted molar refractivity (Wildman–Crippen MR) is 164 cm³/mol. The van der Waals surface area contributed by atoms with Crippen molar-refractivity contribution >= 4 is 55.3 Å². The van der Waals surface area contributed by atoms with Gasteiger partial charge in [-0.15, -0.1) is 0 Å². The molecule has 4 aromatic rings. The third kappa shape index (κ3) is 3.76. The molecule has 5 rings (SSSR count). The molecule has 0 aromatic heterocycles. The highest BCUT2D eigenvalue weighted by atomic mass is 28.3. The van der Waals surface area contributed by atoms with E-state index in [2.05, 4.69) is 138 Å². The number of fused-ring (bicyclic) bond motifs is 3. The molecule has 0 radical (unpaired) electrons. The lowest BCUT2D eigenvalue weighted by Crippen LogP contribution is -2.73. The Morgan fingerprint density at radius 2 is 0.829 bits per heavy atom. The van der Waals surface area contributed by atoms with E-state index in [0.29, 0.717) is 0 Å². The zero-order chi connectivity index (χ0) is 25.2. The number of rotatable bonds is 4. The van der Waals surface area contributed by atoms with E-state index in [-0.39, 0.29) is 0 Å². The Labute approximate surface area is 215 Å². The van der Waals surface area contributed by atoms with Crippen LogP contribution in [0.2, 0.25) is 39.3 Å². The second-order valence-corrected chi connectivity index (χ2v) is 26.2. The van der Waals surface area contributed by atoms with Crippen molar-refractivity contribution in [2.45, 2.75) is 53.1 Å². The van der Waals surface area contributed by atoms with Crippen molar-refractivity contribution in [2.24, 2.45) is 0 Å². The van der Waals surface area contributed by atoms with E-state index < -0.39 is 24.2 Å². The summed E-state index contributed by atoms with van der Waals surface area (Å²) < 4.78 is 0. The lowest BCUT2D eigenvalue weighted by molar-refractivity contribution is 1.50. The fourth-order valence-electron chi connectivity index (χ4n) is 6.41. The van der Waals surface area contributed by atoms with Gasteiger partial charge in [-0.1, -0.05) is 146 Å². The maximum Gasteiger partial charge on any atom is 0.180 e. The summed E-state index contributed by atoms with van der Waals surface area (Å²) in [6, 6.07) is 33.2. The molecule has 1 aliphatic heterocycles. The molecule has 0 amide bonds. The van der Waals surface area contributed by atoms with Crippen LogP contribution in [0.15, 0.2) is 84.9 Å². The quantitative estimate of drug-likeness (QED) is 0.309. The Kier molecular flexibility index (Phi) is 5.74. The zero-order valence-corrected chi connectivity index (χ0v) is 25.6. The van der Waals surface area contributed by atoms with E-state index in [1.807, 2.05) is 0 Å². The van der Waals surface area contributed by atoms with Gasteiger partial charge in [0.25, 0.3) is 0 Å². The van der Waals surface area contributed by atoms with Gasteiger partial charge in [-0.25, -0.2) is 0 Å².